The Hall–Kier alpha value is -2.01. The smallest absolute Gasteiger partial charge is 0.348 e. The molecule has 1 aromatic heterocycles. The summed E-state index contributed by atoms with van der Waals surface area (Å²) in [6, 6.07) is 10.3. The van der Waals surface area contributed by atoms with E-state index in [0.717, 1.165) is 10.4 Å². The number of methoxy groups -OCH3 is 1. The average Bonchev–Trinajstić information content (AvgIpc) is 3.18. The number of carbonyl (C=O) groups excluding carboxylic acids is 1. The molecule has 0 bridgehead atoms. The second-order valence-corrected chi connectivity index (χ2v) is 7.08. The normalized spacial score (nSPS) is 28.0. The van der Waals surface area contributed by atoms with Crippen LogP contribution in [0.1, 0.15) is 9.67 Å². The number of ether oxygens (including phenoxy) is 3. The molecule has 0 spiro atoms. The molecule has 9 heteroatoms. The van der Waals surface area contributed by atoms with Crippen LogP contribution in [0.5, 0.6) is 5.75 Å². The van der Waals surface area contributed by atoms with Gasteiger partial charge in [0.05, 0.1) is 13.7 Å². The zero-order chi connectivity index (χ0) is 19.6. The lowest BCUT2D eigenvalue weighted by atomic mass is 9.99. The van der Waals surface area contributed by atoms with Gasteiger partial charge in [-0.05, 0) is 42.0 Å². The Kier molecular flexibility index (Phi) is 6.10. The molecular weight excluding hydrogens is 376 g/mol. The lowest BCUT2D eigenvalue weighted by Gasteiger charge is -2.39. The Morgan fingerprint density at radius 2 is 1.78 bits per heavy atom. The minimum absolute atomic E-state index is 0.368. The zero-order valence-electron chi connectivity index (χ0n) is 14.4. The maximum atomic E-state index is 11.5. The Morgan fingerprint density at radius 1 is 1.07 bits per heavy atom. The van der Waals surface area contributed by atoms with Crippen molar-refractivity contribution < 1.29 is 39.4 Å². The molecule has 1 aliphatic rings. The summed E-state index contributed by atoms with van der Waals surface area (Å²) in [6.45, 7) is -0.523. The van der Waals surface area contributed by atoms with E-state index in [4.69, 9.17) is 14.2 Å². The van der Waals surface area contributed by atoms with Crippen LogP contribution in [0.25, 0.3) is 10.4 Å². The first-order valence-electron chi connectivity index (χ1n) is 8.20. The van der Waals surface area contributed by atoms with Crippen LogP contribution in [0.2, 0.25) is 0 Å². The number of benzene rings is 1. The third-order valence-electron chi connectivity index (χ3n) is 4.23. The monoisotopic (exact) mass is 396 g/mol. The van der Waals surface area contributed by atoms with Crippen molar-refractivity contribution in [2.45, 2.75) is 30.7 Å². The summed E-state index contributed by atoms with van der Waals surface area (Å²) >= 11 is 1.30. The third-order valence-corrected chi connectivity index (χ3v) is 5.35. The number of rotatable bonds is 5. The summed E-state index contributed by atoms with van der Waals surface area (Å²) in [7, 11) is 1.33. The van der Waals surface area contributed by atoms with E-state index in [-0.39, 0.29) is 0 Å². The van der Waals surface area contributed by atoms with Crippen molar-refractivity contribution in [1.29, 1.82) is 0 Å². The molecule has 1 saturated heterocycles. The first-order valence-corrected chi connectivity index (χ1v) is 9.02. The molecule has 1 aliphatic heterocycles. The van der Waals surface area contributed by atoms with Gasteiger partial charge in [0.25, 0.3) is 0 Å². The second-order valence-electron chi connectivity index (χ2n) is 5.99. The van der Waals surface area contributed by atoms with E-state index in [0.29, 0.717) is 10.6 Å². The van der Waals surface area contributed by atoms with Crippen molar-refractivity contribution in [3.63, 3.8) is 0 Å². The van der Waals surface area contributed by atoms with E-state index in [9.17, 15) is 25.2 Å². The molecule has 3 rings (SSSR count). The van der Waals surface area contributed by atoms with Gasteiger partial charge in [-0.15, -0.1) is 11.3 Å². The van der Waals surface area contributed by atoms with Crippen LogP contribution in [0.3, 0.4) is 0 Å². The van der Waals surface area contributed by atoms with Gasteiger partial charge in [-0.25, -0.2) is 4.79 Å². The van der Waals surface area contributed by atoms with Gasteiger partial charge in [0.1, 0.15) is 35.0 Å². The van der Waals surface area contributed by atoms with Crippen molar-refractivity contribution in [3.8, 4) is 16.2 Å². The van der Waals surface area contributed by atoms with Crippen LogP contribution in [-0.4, -0.2) is 70.8 Å². The largest absolute Gasteiger partial charge is 0.465 e. The van der Waals surface area contributed by atoms with E-state index < -0.39 is 43.3 Å². The summed E-state index contributed by atoms with van der Waals surface area (Å²) < 4.78 is 15.5. The topological polar surface area (TPSA) is 126 Å². The molecule has 0 unspecified atom stereocenters. The minimum atomic E-state index is -1.50. The van der Waals surface area contributed by atoms with Gasteiger partial charge in [0.2, 0.25) is 6.29 Å². The predicted octanol–water partition coefficient (Wildman–Crippen LogP) is 0.380. The molecule has 1 fully saturated rings. The lowest BCUT2D eigenvalue weighted by Crippen LogP contribution is -2.60. The average molecular weight is 396 g/mol. The van der Waals surface area contributed by atoms with Crippen LogP contribution in [0.15, 0.2) is 36.4 Å². The fourth-order valence-electron chi connectivity index (χ4n) is 2.70. The molecule has 4 N–H and O–H groups in total. The van der Waals surface area contributed by atoms with Crippen LogP contribution in [0.4, 0.5) is 0 Å². The van der Waals surface area contributed by atoms with E-state index in [1.807, 2.05) is 6.07 Å². The summed E-state index contributed by atoms with van der Waals surface area (Å²) in [5, 5.41) is 38.8. The van der Waals surface area contributed by atoms with Crippen molar-refractivity contribution in [1.82, 2.24) is 0 Å². The number of carbonyl (C=O) groups is 1. The van der Waals surface area contributed by atoms with Crippen molar-refractivity contribution in [3.05, 3.63) is 41.3 Å². The minimum Gasteiger partial charge on any atom is -0.465 e. The molecule has 5 atom stereocenters. The van der Waals surface area contributed by atoms with Gasteiger partial charge in [-0.2, -0.15) is 0 Å². The SMILES string of the molecule is COC(=O)c1ccc(-c2ccc(O[C@H]3O[C@H](CO)[C@@H](O)[C@H](O)[C@@H]3O)cc2)s1. The highest BCUT2D eigenvalue weighted by atomic mass is 32.1. The van der Waals surface area contributed by atoms with Gasteiger partial charge in [-0.1, -0.05) is 0 Å². The quantitative estimate of drug-likeness (QED) is 0.535. The first kappa shape index (κ1) is 19.7. The number of hydrogen-bond acceptors (Lipinski definition) is 9. The van der Waals surface area contributed by atoms with E-state index in [1.54, 1.807) is 30.3 Å². The molecule has 0 radical (unpaired) electrons. The fourth-order valence-corrected chi connectivity index (χ4v) is 3.63. The Labute approximate surface area is 159 Å². The summed E-state index contributed by atoms with van der Waals surface area (Å²) in [4.78, 5) is 12.9. The standard InChI is InChI=1S/C18H20O8S/c1-24-17(23)13-7-6-12(27-13)9-2-4-10(5-3-9)25-18-16(22)15(21)14(20)11(8-19)26-18/h2-7,11,14-16,18-22H,8H2,1H3/t11-,14-,15+,16+,18+/m1/s1. The highest BCUT2D eigenvalue weighted by Gasteiger charge is 2.44. The molecule has 1 aromatic carbocycles. The van der Waals surface area contributed by atoms with Crippen LogP contribution in [-0.2, 0) is 9.47 Å². The van der Waals surface area contributed by atoms with E-state index >= 15 is 0 Å². The molecular formula is C18H20O8S. The van der Waals surface area contributed by atoms with E-state index in [2.05, 4.69) is 0 Å². The first-order chi connectivity index (χ1) is 12.9. The van der Waals surface area contributed by atoms with Crippen LogP contribution >= 0.6 is 11.3 Å². The Balaban J connectivity index is 1.70. The summed E-state index contributed by atoms with van der Waals surface area (Å²) in [5.74, 6) is -0.0263. The second kappa shape index (κ2) is 8.34. The number of esters is 1. The lowest BCUT2D eigenvalue weighted by molar-refractivity contribution is -0.277. The number of hydrogen-bond donors (Lipinski definition) is 4. The van der Waals surface area contributed by atoms with E-state index in [1.165, 1.54) is 18.4 Å². The molecule has 146 valence electrons. The van der Waals surface area contributed by atoms with Crippen LogP contribution < -0.4 is 4.74 Å². The molecule has 0 amide bonds. The highest BCUT2D eigenvalue weighted by molar-refractivity contribution is 7.17. The van der Waals surface area contributed by atoms with Gasteiger partial charge in [0, 0.05) is 4.88 Å². The molecule has 0 aliphatic carbocycles. The molecule has 2 aromatic rings. The molecule has 27 heavy (non-hydrogen) atoms. The van der Waals surface area contributed by atoms with Gasteiger partial charge in [-0.3, -0.25) is 0 Å². The molecule has 8 nitrogen and oxygen atoms in total. The summed E-state index contributed by atoms with van der Waals surface area (Å²) in [5.41, 5.74) is 0.858. The van der Waals surface area contributed by atoms with Gasteiger partial charge in [0.15, 0.2) is 0 Å². The number of aliphatic hydroxyl groups excluding tert-OH is 4. The Bertz CT molecular complexity index is 772. The predicted molar refractivity (Wildman–Crippen MR) is 95.5 cm³/mol. The van der Waals surface area contributed by atoms with Crippen LogP contribution in [0, 0.1) is 0 Å². The maximum absolute atomic E-state index is 11.5. The van der Waals surface area contributed by atoms with Crippen molar-refractivity contribution >= 4 is 17.3 Å². The molecule has 2 heterocycles. The third kappa shape index (κ3) is 4.13. The maximum Gasteiger partial charge on any atom is 0.348 e. The summed E-state index contributed by atoms with van der Waals surface area (Å²) in [6.07, 6.45) is -6.67. The van der Waals surface area contributed by atoms with Gasteiger partial charge >= 0.3 is 5.97 Å². The zero-order valence-corrected chi connectivity index (χ0v) is 15.2. The highest BCUT2D eigenvalue weighted by Crippen LogP contribution is 2.31. The number of aliphatic hydroxyl groups is 4. The van der Waals surface area contributed by atoms with Gasteiger partial charge < -0.3 is 34.6 Å². The fraction of sp³-hybridized carbons (Fsp3) is 0.389. The van der Waals surface area contributed by atoms with Crippen molar-refractivity contribution in [2.24, 2.45) is 0 Å². The van der Waals surface area contributed by atoms with Crippen molar-refractivity contribution in [2.75, 3.05) is 13.7 Å². The molecule has 0 saturated carbocycles. The number of thiophene rings is 1. The Morgan fingerprint density at radius 3 is 2.41 bits per heavy atom.